The fourth-order valence-electron chi connectivity index (χ4n) is 1.56. The molecule has 0 aromatic carbocycles. The number of nitrogens with two attached hydrogens (primary N) is 1. The minimum absolute atomic E-state index is 0.132. The Labute approximate surface area is 108 Å². The zero-order valence-corrected chi connectivity index (χ0v) is 11.3. The Morgan fingerprint density at radius 3 is 2.83 bits per heavy atom. The second-order valence-corrected chi connectivity index (χ2v) is 3.94. The molecule has 3 N–H and O–H groups in total. The molecule has 102 valence electrons. The molecule has 0 spiro atoms. The Kier molecular flexibility index (Phi) is 6.38. The van der Waals surface area contributed by atoms with E-state index in [2.05, 4.69) is 15.3 Å². The molecule has 0 saturated heterocycles. The van der Waals surface area contributed by atoms with Gasteiger partial charge in [-0.15, -0.1) is 0 Å². The van der Waals surface area contributed by atoms with Crippen LogP contribution in [0.2, 0.25) is 0 Å². The summed E-state index contributed by atoms with van der Waals surface area (Å²) < 4.78 is 10.5. The number of ether oxygens (including phenoxy) is 2. The van der Waals surface area contributed by atoms with Crippen molar-refractivity contribution in [3.05, 3.63) is 11.9 Å². The smallest absolute Gasteiger partial charge is 0.221 e. The van der Waals surface area contributed by atoms with Crippen LogP contribution in [0.25, 0.3) is 0 Å². The maximum absolute atomic E-state index is 5.72. The monoisotopic (exact) mass is 254 g/mol. The zero-order chi connectivity index (χ0) is 13.4. The lowest BCUT2D eigenvalue weighted by molar-refractivity contribution is 0.190. The molecule has 0 bridgehead atoms. The highest BCUT2D eigenvalue weighted by Gasteiger charge is 2.12. The predicted octanol–water partition coefficient (Wildman–Crippen LogP) is 0.959. The zero-order valence-electron chi connectivity index (χ0n) is 11.3. The van der Waals surface area contributed by atoms with Crippen LogP contribution in [0.15, 0.2) is 6.33 Å². The first kappa shape index (κ1) is 14.7. The Hall–Kier alpha value is -1.40. The maximum atomic E-state index is 5.72. The van der Waals surface area contributed by atoms with Crippen LogP contribution >= 0.6 is 0 Å². The second-order valence-electron chi connectivity index (χ2n) is 3.94. The van der Waals surface area contributed by atoms with E-state index >= 15 is 0 Å². The summed E-state index contributed by atoms with van der Waals surface area (Å²) in [5, 5.41) is 3.29. The van der Waals surface area contributed by atoms with Crippen molar-refractivity contribution in [2.45, 2.75) is 26.3 Å². The molecule has 0 saturated carbocycles. The molecule has 1 heterocycles. The van der Waals surface area contributed by atoms with Gasteiger partial charge in [-0.3, -0.25) is 0 Å². The van der Waals surface area contributed by atoms with Gasteiger partial charge in [0.1, 0.15) is 12.1 Å². The molecule has 1 atom stereocenters. The lowest BCUT2D eigenvalue weighted by Gasteiger charge is -2.19. The van der Waals surface area contributed by atoms with Crippen LogP contribution in [0.4, 0.5) is 5.82 Å². The van der Waals surface area contributed by atoms with Gasteiger partial charge in [-0.25, -0.2) is 9.97 Å². The highest BCUT2D eigenvalue weighted by Crippen LogP contribution is 2.21. The van der Waals surface area contributed by atoms with Gasteiger partial charge in [0.2, 0.25) is 5.88 Å². The molecule has 1 unspecified atom stereocenters. The molecular formula is C12H22N4O2. The molecule has 0 radical (unpaired) electrons. The van der Waals surface area contributed by atoms with E-state index in [1.54, 1.807) is 7.11 Å². The fraction of sp³-hybridized carbons (Fsp3) is 0.667. The van der Waals surface area contributed by atoms with Crippen LogP contribution in [0.1, 0.15) is 18.9 Å². The van der Waals surface area contributed by atoms with Gasteiger partial charge in [0, 0.05) is 26.3 Å². The minimum Gasteiger partial charge on any atom is -0.478 e. The van der Waals surface area contributed by atoms with Gasteiger partial charge in [-0.2, -0.15) is 0 Å². The van der Waals surface area contributed by atoms with Crippen molar-refractivity contribution in [1.29, 1.82) is 0 Å². The van der Waals surface area contributed by atoms with Crippen molar-refractivity contribution in [1.82, 2.24) is 9.97 Å². The molecule has 0 fully saturated rings. The molecule has 6 nitrogen and oxygen atoms in total. The number of hydrogen-bond acceptors (Lipinski definition) is 6. The molecule has 6 heteroatoms. The van der Waals surface area contributed by atoms with Crippen molar-refractivity contribution in [3.8, 4) is 5.88 Å². The number of hydrogen-bond donors (Lipinski definition) is 2. The van der Waals surface area contributed by atoms with E-state index in [4.69, 9.17) is 15.2 Å². The molecule has 0 amide bonds. The third kappa shape index (κ3) is 4.12. The van der Waals surface area contributed by atoms with Crippen molar-refractivity contribution in [3.63, 3.8) is 0 Å². The van der Waals surface area contributed by atoms with Gasteiger partial charge < -0.3 is 20.5 Å². The number of anilines is 1. The summed E-state index contributed by atoms with van der Waals surface area (Å²) in [6.45, 7) is 5.63. The molecule has 0 aliphatic heterocycles. The first-order valence-electron chi connectivity index (χ1n) is 6.12. The Bertz CT molecular complexity index is 360. The van der Waals surface area contributed by atoms with Gasteiger partial charge in [0.25, 0.3) is 0 Å². The highest BCUT2D eigenvalue weighted by atomic mass is 16.5. The molecule has 1 rings (SSSR count). The van der Waals surface area contributed by atoms with Gasteiger partial charge in [0.05, 0.1) is 12.2 Å². The fourth-order valence-corrected chi connectivity index (χ4v) is 1.56. The van der Waals surface area contributed by atoms with Crippen LogP contribution in [0.5, 0.6) is 5.88 Å². The summed E-state index contributed by atoms with van der Waals surface area (Å²) >= 11 is 0. The van der Waals surface area contributed by atoms with Crippen molar-refractivity contribution < 1.29 is 9.47 Å². The SMILES string of the molecule is CCOc1ncnc(NC(CN)CCOC)c1C. The Balaban J connectivity index is 2.73. The first-order valence-corrected chi connectivity index (χ1v) is 6.12. The normalized spacial score (nSPS) is 12.2. The number of nitrogens with one attached hydrogen (secondary N) is 1. The summed E-state index contributed by atoms with van der Waals surface area (Å²) in [6, 6.07) is 0.132. The summed E-state index contributed by atoms with van der Waals surface area (Å²) in [5.41, 5.74) is 6.61. The Morgan fingerprint density at radius 1 is 1.44 bits per heavy atom. The molecule has 18 heavy (non-hydrogen) atoms. The van der Waals surface area contributed by atoms with Gasteiger partial charge in [-0.1, -0.05) is 0 Å². The van der Waals surface area contributed by atoms with E-state index in [0.29, 0.717) is 25.6 Å². The number of nitrogens with zero attached hydrogens (tertiary/aromatic N) is 2. The first-order chi connectivity index (χ1) is 8.72. The van der Waals surface area contributed by atoms with E-state index in [1.165, 1.54) is 6.33 Å². The summed E-state index contributed by atoms with van der Waals surface area (Å²) in [4.78, 5) is 8.31. The van der Waals surface area contributed by atoms with Crippen LogP contribution in [-0.2, 0) is 4.74 Å². The van der Waals surface area contributed by atoms with Crippen LogP contribution in [0.3, 0.4) is 0 Å². The number of rotatable bonds is 8. The predicted molar refractivity (Wildman–Crippen MR) is 70.9 cm³/mol. The van der Waals surface area contributed by atoms with E-state index in [1.807, 2.05) is 13.8 Å². The standard InChI is InChI=1S/C12H22N4O2/c1-4-18-12-9(2)11(14-8-15-12)16-10(7-13)5-6-17-3/h8,10H,4-7,13H2,1-3H3,(H,14,15,16). The van der Waals surface area contributed by atoms with Gasteiger partial charge in [0.15, 0.2) is 0 Å². The molecule has 0 aliphatic carbocycles. The topological polar surface area (TPSA) is 82.3 Å². The summed E-state index contributed by atoms with van der Waals surface area (Å²) in [6.07, 6.45) is 2.32. The lowest BCUT2D eigenvalue weighted by atomic mass is 10.2. The lowest BCUT2D eigenvalue weighted by Crippen LogP contribution is -2.30. The third-order valence-electron chi connectivity index (χ3n) is 2.61. The van der Waals surface area contributed by atoms with Crippen molar-refractivity contribution in [2.75, 3.05) is 32.2 Å². The summed E-state index contributed by atoms with van der Waals surface area (Å²) in [7, 11) is 1.68. The van der Waals surface area contributed by atoms with E-state index in [0.717, 1.165) is 17.8 Å². The number of aromatic nitrogens is 2. The number of methoxy groups -OCH3 is 1. The molecule has 1 aromatic rings. The molecular weight excluding hydrogens is 232 g/mol. The van der Waals surface area contributed by atoms with Crippen molar-refractivity contribution >= 4 is 5.82 Å². The van der Waals surface area contributed by atoms with E-state index < -0.39 is 0 Å². The van der Waals surface area contributed by atoms with Gasteiger partial charge in [-0.05, 0) is 20.3 Å². The van der Waals surface area contributed by atoms with Crippen LogP contribution in [-0.4, -0.2) is 42.9 Å². The average molecular weight is 254 g/mol. The highest BCUT2D eigenvalue weighted by molar-refractivity contribution is 5.48. The molecule has 0 aliphatic rings. The average Bonchev–Trinajstić information content (AvgIpc) is 2.39. The second kappa shape index (κ2) is 7.84. The Morgan fingerprint density at radius 2 is 2.22 bits per heavy atom. The largest absolute Gasteiger partial charge is 0.478 e. The minimum atomic E-state index is 0.132. The maximum Gasteiger partial charge on any atom is 0.221 e. The summed E-state index contributed by atoms with van der Waals surface area (Å²) in [5.74, 6) is 1.37. The quantitative estimate of drug-likeness (QED) is 0.719. The third-order valence-corrected chi connectivity index (χ3v) is 2.61. The van der Waals surface area contributed by atoms with Crippen LogP contribution in [0, 0.1) is 6.92 Å². The molecule has 1 aromatic heterocycles. The van der Waals surface area contributed by atoms with Gasteiger partial charge >= 0.3 is 0 Å². The van der Waals surface area contributed by atoms with E-state index in [-0.39, 0.29) is 6.04 Å². The van der Waals surface area contributed by atoms with Crippen molar-refractivity contribution in [2.24, 2.45) is 5.73 Å². The van der Waals surface area contributed by atoms with E-state index in [9.17, 15) is 0 Å². The van der Waals surface area contributed by atoms with Crippen LogP contribution < -0.4 is 15.8 Å².